The largest absolute Gasteiger partial charge is 0.449 e. The molecule has 1 aliphatic carbocycles. The number of benzene rings is 1. The minimum atomic E-state index is -0.720. The third kappa shape index (κ3) is 4.81. The first-order chi connectivity index (χ1) is 15.5. The number of carbonyl (C=O) groups excluding carboxylic acids is 1. The summed E-state index contributed by atoms with van der Waals surface area (Å²) in [5, 5.41) is 1.22. The Kier molecular flexibility index (Phi) is 7.41. The topological polar surface area (TPSA) is 86.5 Å². The summed E-state index contributed by atoms with van der Waals surface area (Å²) in [5.74, 6) is 1.73. The maximum Gasteiger partial charge on any atom is 0.404 e. The summed E-state index contributed by atoms with van der Waals surface area (Å²) in [4.78, 5) is 13.9. The molecule has 6 heteroatoms. The molecule has 0 bridgehead atoms. The van der Waals surface area contributed by atoms with E-state index >= 15 is 0 Å². The Morgan fingerprint density at radius 1 is 1.06 bits per heavy atom. The molecule has 1 amide bonds. The molecule has 1 saturated heterocycles. The molecule has 6 nitrogen and oxygen atoms in total. The van der Waals surface area contributed by atoms with Gasteiger partial charge in [-0.3, -0.25) is 0 Å². The van der Waals surface area contributed by atoms with Crippen molar-refractivity contribution in [3.8, 4) is 0 Å². The Balaban J connectivity index is 1.49. The van der Waals surface area contributed by atoms with Crippen LogP contribution in [0.3, 0.4) is 0 Å². The zero-order chi connectivity index (χ0) is 22.7. The van der Waals surface area contributed by atoms with E-state index in [1.807, 2.05) is 0 Å². The Morgan fingerprint density at radius 2 is 1.75 bits per heavy atom. The maximum atomic E-state index is 11.1. The molecule has 0 radical (unpaired) electrons. The second kappa shape index (κ2) is 10.3. The number of amides is 1. The van der Waals surface area contributed by atoms with E-state index in [2.05, 4.69) is 47.6 Å². The summed E-state index contributed by atoms with van der Waals surface area (Å²) < 4.78 is 7.58. The number of carbonyl (C=O) groups is 1. The normalized spacial score (nSPS) is 23.1. The molecule has 2 aromatic rings. The molecule has 1 saturated carbocycles. The van der Waals surface area contributed by atoms with E-state index in [0.29, 0.717) is 19.0 Å². The number of hydrogen-bond donors (Lipinski definition) is 2. The summed E-state index contributed by atoms with van der Waals surface area (Å²) >= 11 is 0. The van der Waals surface area contributed by atoms with Crippen LogP contribution < -0.4 is 11.5 Å². The highest BCUT2D eigenvalue weighted by atomic mass is 16.5. The zero-order valence-corrected chi connectivity index (χ0v) is 19.8. The van der Waals surface area contributed by atoms with Crippen LogP contribution >= 0.6 is 0 Å². The van der Waals surface area contributed by atoms with E-state index in [0.717, 1.165) is 43.8 Å². The molecular formula is C26H40N4O2. The fourth-order valence-corrected chi connectivity index (χ4v) is 6.19. The number of piperidine rings is 1. The van der Waals surface area contributed by atoms with Crippen LogP contribution in [-0.4, -0.2) is 41.3 Å². The van der Waals surface area contributed by atoms with E-state index in [-0.39, 0.29) is 6.61 Å². The van der Waals surface area contributed by atoms with Crippen molar-refractivity contribution >= 4 is 17.0 Å². The molecule has 2 heterocycles. The summed E-state index contributed by atoms with van der Waals surface area (Å²) in [6, 6.07) is 9.75. The number of ether oxygens (including phenoxy) is 1. The predicted molar refractivity (Wildman–Crippen MR) is 129 cm³/mol. The summed E-state index contributed by atoms with van der Waals surface area (Å²) in [5.41, 5.74) is 15.0. The highest BCUT2D eigenvalue weighted by Crippen LogP contribution is 2.37. The van der Waals surface area contributed by atoms with Crippen molar-refractivity contribution in [2.45, 2.75) is 77.4 Å². The number of primary amides is 1. The molecule has 4 N–H and O–H groups in total. The van der Waals surface area contributed by atoms with E-state index in [4.69, 9.17) is 16.2 Å². The van der Waals surface area contributed by atoms with Gasteiger partial charge in [0.25, 0.3) is 0 Å². The van der Waals surface area contributed by atoms with Gasteiger partial charge in [0.1, 0.15) is 0 Å². The van der Waals surface area contributed by atoms with Crippen LogP contribution in [0.1, 0.15) is 69.7 Å². The Hall–Kier alpha value is -2.05. The van der Waals surface area contributed by atoms with Gasteiger partial charge in [-0.25, -0.2) is 4.79 Å². The van der Waals surface area contributed by atoms with Gasteiger partial charge in [-0.15, -0.1) is 0 Å². The lowest BCUT2D eigenvalue weighted by atomic mass is 9.79. The van der Waals surface area contributed by atoms with E-state index in [1.54, 1.807) is 0 Å². The van der Waals surface area contributed by atoms with Crippen molar-refractivity contribution in [3.05, 3.63) is 35.5 Å². The van der Waals surface area contributed by atoms with Gasteiger partial charge in [0.15, 0.2) is 0 Å². The third-order valence-electron chi connectivity index (χ3n) is 7.98. The van der Waals surface area contributed by atoms with Gasteiger partial charge in [-0.05, 0) is 62.0 Å². The zero-order valence-electron chi connectivity index (χ0n) is 19.8. The number of aromatic nitrogens is 1. The summed E-state index contributed by atoms with van der Waals surface area (Å²) in [6.07, 6.45) is 7.70. The Bertz CT molecular complexity index is 906. The van der Waals surface area contributed by atoms with Crippen LogP contribution in [0.5, 0.6) is 0 Å². The van der Waals surface area contributed by atoms with Crippen molar-refractivity contribution in [1.82, 2.24) is 9.47 Å². The molecule has 0 spiro atoms. The monoisotopic (exact) mass is 440 g/mol. The fraction of sp³-hybridized carbons (Fsp3) is 0.654. The highest BCUT2D eigenvalue weighted by Gasteiger charge is 2.31. The number of hydrogen-bond acceptors (Lipinski definition) is 4. The number of nitrogens with zero attached hydrogens (tertiary/aromatic N) is 2. The average Bonchev–Trinajstić information content (AvgIpc) is 3.12. The average molecular weight is 441 g/mol. The highest BCUT2D eigenvalue weighted by molar-refractivity contribution is 5.85. The molecule has 32 heavy (non-hydrogen) atoms. The predicted octanol–water partition coefficient (Wildman–Crippen LogP) is 4.59. The first kappa shape index (κ1) is 23.1. The molecule has 176 valence electrons. The number of fused-ring (bicyclic) bond motifs is 1. The lowest BCUT2D eigenvalue weighted by Gasteiger charge is -2.42. The van der Waals surface area contributed by atoms with Crippen molar-refractivity contribution in [1.29, 1.82) is 0 Å². The molecular weight excluding hydrogens is 400 g/mol. The van der Waals surface area contributed by atoms with Gasteiger partial charge in [0, 0.05) is 54.7 Å². The second-order valence-electron chi connectivity index (χ2n) is 10.0. The molecule has 1 aromatic heterocycles. The molecule has 2 aliphatic rings. The van der Waals surface area contributed by atoms with E-state index in [1.165, 1.54) is 47.8 Å². The lowest BCUT2D eigenvalue weighted by Crippen LogP contribution is -2.44. The van der Waals surface area contributed by atoms with Crippen molar-refractivity contribution in [2.24, 2.45) is 23.3 Å². The SMILES string of the molecule is CC(C)C1CCC(N2CCC(n3c(CCOC(N)=O)c(CN)c4ccccc43)CC2)CC1. The smallest absolute Gasteiger partial charge is 0.404 e. The van der Waals surface area contributed by atoms with Gasteiger partial charge >= 0.3 is 6.09 Å². The minimum absolute atomic E-state index is 0.288. The maximum absolute atomic E-state index is 11.1. The molecule has 1 aliphatic heterocycles. The molecule has 0 atom stereocenters. The number of likely N-dealkylation sites (tertiary alicyclic amines) is 1. The number of rotatable bonds is 7. The van der Waals surface area contributed by atoms with E-state index < -0.39 is 6.09 Å². The standard InChI is InChI=1S/C26H40N4O2/c1-18(2)19-7-9-20(10-8-19)29-14-11-21(12-15-29)30-24-6-4-3-5-22(24)23(17-27)25(30)13-16-32-26(28)31/h3-6,18-21H,7-17,27H2,1-2H3,(H2,28,31). The van der Waals surface area contributed by atoms with Gasteiger partial charge in [0.05, 0.1) is 6.61 Å². The molecule has 1 aromatic carbocycles. The molecule has 2 fully saturated rings. The third-order valence-corrected chi connectivity index (χ3v) is 7.98. The fourth-order valence-electron chi connectivity index (χ4n) is 6.19. The summed E-state index contributed by atoms with van der Waals surface area (Å²) in [7, 11) is 0. The first-order valence-electron chi connectivity index (χ1n) is 12.5. The quantitative estimate of drug-likeness (QED) is 0.659. The van der Waals surface area contributed by atoms with Crippen LogP contribution in [0.2, 0.25) is 0 Å². The lowest BCUT2D eigenvalue weighted by molar-refractivity contribution is 0.0887. The van der Waals surface area contributed by atoms with Gasteiger partial charge < -0.3 is 25.7 Å². The Morgan fingerprint density at radius 3 is 2.38 bits per heavy atom. The van der Waals surface area contributed by atoms with Gasteiger partial charge in [-0.1, -0.05) is 32.0 Å². The van der Waals surface area contributed by atoms with Gasteiger partial charge in [0.2, 0.25) is 0 Å². The summed E-state index contributed by atoms with van der Waals surface area (Å²) in [6.45, 7) is 7.83. The number of nitrogens with two attached hydrogens (primary N) is 2. The second-order valence-corrected chi connectivity index (χ2v) is 10.0. The van der Waals surface area contributed by atoms with Crippen LogP contribution in [0.4, 0.5) is 4.79 Å². The number of para-hydroxylation sites is 1. The van der Waals surface area contributed by atoms with Crippen LogP contribution in [0.25, 0.3) is 10.9 Å². The first-order valence-corrected chi connectivity index (χ1v) is 12.5. The van der Waals surface area contributed by atoms with Crippen molar-refractivity contribution in [3.63, 3.8) is 0 Å². The molecule has 4 rings (SSSR count). The minimum Gasteiger partial charge on any atom is -0.449 e. The molecule has 0 unspecified atom stereocenters. The Labute approximate surface area is 192 Å². The van der Waals surface area contributed by atoms with Crippen LogP contribution in [-0.2, 0) is 17.7 Å². The van der Waals surface area contributed by atoms with Gasteiger partial charge in [-0.2, -0.15) is 0 Å². The van der Waals surface area contributed by atoms with Crippen LogP contribution in [0, 0.1) is 11.8 Å². The van der Waals surface area contributed by atoms with Crippen molar-refractivity contribution in [2.75, 3.05) is 19.7 Å². The van der Waals surface area contributed by atoms with Crippen LogP contribution in [0.15, 0.2) is 24.3 Å². The van der Waals surface area contributed by atoms with Crippen molar-refractivity contribution < 1.29 is 9.53 Å². The van der Waals surface area contributed by atoms with E-state index in [9.17, 15) is 4.79 Å².